The molecular formula is C16H18N6O2. The van der Waals surface area contributed by atoms with Gasteiger partial charge in [-0.25, -0.2) is 9.50 Å². The maximum Gasteiger partial charge on any atom is 0.256 e. The summed E-state index contributed by atoms with van der Waals surface area (Å²) in [5, 5.41) is 11.3. The van der Waals surface area contributed by atoms with Crippen LogP contribution in [0.2, 0.25) is 0 Å². The first-order valence-electron chi connectivity index (χ1n) is 7.90. The number of aromatic nitrogens is 5. The zero-order chi connectivity index (χ0) is 16.5. The smallest absolute Gasteiger partial charge is 0.256 e. The van der Waals surface area contributed by atoms with Crippen molar-refractivity contribution in [2.24, 2.45) is 13.0 Å². The van der Waals surface area contributed by atoms with Crippen molar-refractivity contribution in [3.63, 3.8) is 0 Å². The second-order valence-corrected chi connectivity index (χ2v) is 5.88. The molecule has 1 aliphatic rings. The lowest BCUT2D eigenvalue weighted by Crippen LogP contribution is -2.31. The molecule has 24 heavy (non-hydrogen) atoms. The molecule has 0 radical (unpaired) electrons. The zero-order valence-corrected chi connectivity index (χ0v) is 13.3. The number of carbonyl (C=O) groups excluding carboxylic acids is 1. The largest absolute Gasteiger partial charge is 0.372 e. The Morgan fingerprint density at radius 1 is 1.42 bits per heavy atom. The molecule has 1 fully saturated rings. The lowest BCUT2D eigenvalue weighted by molar-refractivity contribution is 0.0801. The lowest BCUT2D eigenvalue weighted by atomic mass is 9.99. The molecule has 8 heteroatoms. The van der Waals surface area contributed by atoms with E-state index in [1.165, 1.54) is 0 Å². The first-order valence-corrected chi connectivity index (χ1v) is 7.90. The van der Waals surface area contributed by atoms with Crippen molar-refractivity contribution < 1.29 is 9.53 Å². The molecule has 1 saturated heterocycles. The highest BCUT2D eigenvalue weighted by Crippen LogP contribution is 2.33. The number of amides is 1. The SMILES string of the molecule is Cn1nccc1[C@@H]1OCC[C@H]1CNC(=O)c1cnn2cccnc12. The van der Waals surface area contributed by atoms with Crippen LogP contribution in [-0.4, -0.2) is 43.4 Å². The van der Waals surface area contributed by atoms with Crippen LogP contribution < -0.4 is 5.32 Å². The average Bonchev–Trinajstić information content (AvgIpc) is 3.31. The second-order valence-electron chi connectivity index (χ2n) is 5.88. The van der Waals surface area contributed by atoms with E-state index in [0.717, 1.165) is 12.1 Å². The fourth-order valence-corrected chi connectivity index (χ4v) is 3.14. The summed E-state index contributed by atoms with van der Waals surface area (Å²) < 4.78 is 9.25. The van der Waals surface area contributed by atoms with E-state index in [9.17, 15) is 4.79 Å². The van der Waals surface area contributed by atoms with Crippen molar-refractivity contribution >= 4 is 11.6 Å². The highest BCUT2D eigenvalue weighted by atomic mass is 16.5. The molecule has 0 saturated carbocycles. The van der Waals surface area contributed by atoms with Crippen LogP contribution in [0.4, 0.5) is 0 Å². The Hall–Kier alpha value is -2.74. The van der Waals surface area contributed by atoms with Crippen molar-refractivity contribution in [1.29, 1.82) is 0 Å². The van der Waals surface area contributed by atoms with Gasteiger partial charge in [-0.15, -0.1) is 0 Å². The van der Waals surface area contributed by atoms with Crippen LogP contribution in [0.1, 0.15) is 28.6 Å². The summed E-state index contributed by atoms with van der Waals surface area (Å²) in [4.78, 5) is 16.7. The van der Waals surface area contributed by atoms with E-state index >= 15 is 0 Å². The van der Waals surface area contributed by atoms with E-state index in [2.05, 4.69) is 20.5 Å². The average molecular weight is 326 g/mol. The van der Waals surface area contributed by atoms with E-state index in [-0.39, 0.29) is 17.9 Å². The summed E-state index contributed by atoms with van der Waals surface area (Å²) in [6.07, 6.45) is 7.58. The molecule has 3 aromatic heterocycles. The third-order valence-corrected chi connectivity index (χ3v) is 4.41. The number of hydrogen-bond donors (Lipinski definition) is 1. The summed E-state index contributed by atoms with van der Waals surface area (Å²) in [5.41, 5.74) is 2.07. The number of carbonyl (C=O) groups is 1. The Morgan fingerprint density at radius 3 is 3.17 bits per heavy atom. The third-order valence-electron chi connectivity index (χ3n) is 4.41. The highest BCUT2D eigenvalue weighted by molar-refractivity contribution is 5.99. The molecule has 1 N–H and O–H groups in total. The molecule has 0 unspecified atom stereocenters. The number of aryl methyl sites for hydroxylation is 1. The topological polar surface area (TPSA) is 86.3 Å². The molecule has 124 valence electrons. The number of rotatable bonds is 4. The number of hydrogen-bond acceptors (Lipinski definition) is 5. The summed E-state index contributed by atoms with van der Waals surface area (Å²) in [7, 11) is 1.90. The predicted molar refractivity (Wildman–Crippen MR) is 85.3 cm³/mol. The van der Waals surface area contributed by atoms with Crippen LogP contribution in [0, 0.1) is 5.92 Å². The van der Waals surface area contributed by atoms with Crippen molar-refractivity contribution in [2.75, 3.05) is 13.2 Å². The normalized spacial score (nSPS) is 20.5. The molecule has 4 heterocycles. The van der Waals surface area contributed by atoms with E-state index in [1.54, 1.807) is 35.4 Å². The molecule has 3 aromatic rings. The number of nitrogens with one attached hydrogen (secondary N) is 1. The van der Waals surface area contributed by atoms with Gasteiger partial charge in [-0.05, 0) is 18.6 Å². The second kappa shape index (κ2) is 6.04. The fraction of sp³-hybridized carbons (Fsp3) is 0.375. The molecule has 0 aromatic carbocycles. The van der Waals surface area contributed by atoms with Gasteiger partial charge in [-0.1, -0.05) is 0 Å². The van der Waals surface area contributed by atoms with Gasteiger partial charge in [0.25, 0.3) is 5.91 Å². The Morgan fingerprint density at radius 2 is 2.33 bits per heavy atom. The highest BCUT2D eigenvalue weighted by Gasteiger charge is 2.32. The Labute approximate surface area is 138 Å². The maximum absolute atomic E-state index is 12.5. The standard InChI is InChI=1S/C16H18N6O2/c1-21-13(3-6-19-21)14-11(4-8-24-14)9-18-16(23)12-10-20-22-7-2-5-17-15(12)22/h2-3,5-7,10-11,14H,4,8-9H2,1H3,(H,18,23)/t11-,14+/m0/s1. The van der Waals surface area contributed by atoms with Crippen LogP contribution in [-0.2, 0) is 11.8 Å². The lowest BCUT2D eigenvalue weighted by Gasteiger charge is -2.19. The van der Waals surface area contributed by atoms with Crippen molar-refractivity contribution in [3.05, 3.63) is 48.2 Å². The first-order chi connectivity index (χ1) is 11.7. The van der Waals surface area contributed by atoms with Crippen LogP contribution in [0.15, 0.2) is 36.9 Å². The fourth-order valence-electron chi connectivity index (χ4n) is 3.14. The van der Waals surface area contributed by atoms with Gasteiger partial charge in [0.05, 0.1) is 11.9 Å². The van der Waals surface area contributed by atoms with Gasteiger partial charge in [-0.3, -0.25) is 9.48 Å². The van der Waals surface area contributed by atoms with E-state index in [1.807, 2.05) is 17.8 Å². The Bertz CT molecular complexity index is 870. The van der Waals surface area contributed by atoms with Crippen LogP contribution in [0.25, 0.3) is 5.65 Å². The quantitative estimate of drug-likeness (QED) is 0.772. The maximum atomic E-state index is 12.5. The van der Waals surface area contributed by atoms with Gasteiger partial charge in [-0.2, -0.15) is 10.2 Å². The summed E-state index contributed by atoms with van der Waals surface area (Å²) in [6.45, 7) is 1.23. The van der Waals surface area contributed by atoms with Crippen molar-refractivity contribution in [3.8, 4) is 0 Å². The Kier molecular flexibility index (Phi) is 3.73. The van der Waals surface area contributed by atoms with Crippen LogP contribution >= 0.6 is 0 Å². The van der Waals surface area contributed by atoms with Crippen molar-refractivity contribution in [1.82, 2.24) is 29.7 Å². The number of ether oxygens (including phenoxy) is 1. The molecule has 1 amide bonds. The van der Waals surface area contributed by atoms with Gasteiger partial charge >= 0.3 is 0 Å². The molecule has 0 aliphatic carbocycles. The van der Waals surface area contributed by atoms with Gasteiger partial charge in [0.1, 0.15) is 11.7 Å². The van der Waals surface area contributed by atoms with Gasteiger partial charge < -0.3 is 10.1 Å². The monoisotopic (exact) mass is 326 g/mol. The molecule has 1 aliphatic heterocycles. The predicted octanol–water partition coefficient (Wildman–Crippen LogP) is 0.970. The van der Waals surface area contributed by atoms with Gasteiger partial charge in [0.15, 0.2) is 5.65 Å². The number of nitrogens with zero attached hydrogens (tertiary/aromatic N) is 5. The summed E-state index contributed by atoms with van der Waals surface area (Å²) in [6, 6.07) is 3.73. The molecule has 2 atom stereocenters. The van der Waals surface area contributed by atoms with Crippen LogP contribution in [0.5, 0.6) is 0 Å². The summed E-state index contributed by atoms with van der Waals surface area (Å²) >= 11 is 0. The van der Waals surface area contributed by atoms with Crippen LogP contribution in [0.3, 0.4) is 0 Å². The Balaban J connectivity index is 1.46. The molecule has 0 bridgehead atoms. The minimum absolute atomic E-state index is 0.0418. The molecular weight excluding hydrogens is 308 g/mol. The molecule has 4 rings (SSSR count). The van der Waals surface area contributed by atoms with Gasteiger partial charge in [0.2, 0.25) is 0 Å². The third kappa shape index (κ3) is 2.54. The van der Waals surface area contributed by atoms with Gasteiger partial charge in [0, 0.05) is 44.7 Å². The minimum atomic E-state index is -0.167. The van der Waals surface area contributed by atoms with E-state index in [4.69, 9.17) is 4.74 Å². The molecule has 8 nitrogen and oxygen atoms in total. The zero-order valence-electron chi connectivity index (χ0n) is 13.3. The van der Waals surface area contributed by atoms with E-state index in [0.29, 0.717) is 24.4 Å². The van der Waals surface area contributed by atoms with Crippen molar-refractivity contribution in [2.45, 2.75) is 12.5 Å². The number of fused-ring (bicyclic) bond motifs is 1. The summed E-state index contributed by atoms with van der Waals surface area (Å²) in [5.74, 6) is 0.0542. The van der Waals surface area contributed by atoms with E-state index < -0.39 is 0 Å². The first kappa shape index (κ1) is 14.8. The minimum Gasteiger partial charge on any atom is -0.372 e. The molecule has 0 spiro atoms.